The quantitative estimate of drug-likeness (QED) is 0.770. The van der Waals surface area contributed by atoms with E-state index in [4.69, 9.17) is 9.57 Å². The summed E-state index contributed by atoms with van der Waals surface area (Å²) < 4.78 is 32.8. The van der Waals surface area contributed by atoms with Crippen LogP contribution in [0.15, 0.2) is 30.3 Å². The fourth-order valence-corrected chi connectivity index (χ4v) is 6.09. The minimum Gasteiger partial charge on any atom is -0.497 e. The predicted octanol–water partition coefficient (Wildman–Crippen LogP) is 1.70. The van der Waals surface area contributed by atoms with E-state index in [1.807, 2.05) is 36.4 Å². The molecule has 2 saturated heterocycles. The van der Waals surface area contributed by atoms with Crippen molar-refractivity contribution in [1.82, 2.24) is 9.37 Å². The van der Waals surface area contributed by atoms with Crippen LogP contribution in [0.4, 0.5) is 0 Å². The summed E-state index contributed by atoms with van der Waals surface area (Å²) in [6.07, 6.45) is 3.85. The van der Waals surface area contributed by atoms with Crippen LogP contribution in [0.2, 0.25) is 0 Å². The Morgan fingerprint density at radius 2 is 1.92 bits per heavy atom. The normalized spacial score (nSPS) is 26.3. The van der Waals surface area contributed by atoms with Crippen LogP contribution in [0, 0.1) is 0 Å². The van der Waals surface area contributed by atoms with Gasteiger partial charge in [0, 0.05) is 31.6 Å². The second kappa shape index (κ2) is 8.09. The van der Waals surface area contributed by atoms with Gasteiger partial charge in [-0.3, -0.25) is 4.84 Å². The van der Waals surface area contributed by atoms with Crippen molar-refractivity contribution in [3.05, 3.63) is 35.9 Å². The lowest BCUT2D eigenvalue weighted by molar-refractivity contribution is -0.100. The molecule has 0 aromatic heterocycles. The first-order chi connectivity index (χ1) is 12.0. The smallest absolute Gasteiger partial charge is 0.221 e. The number of ether oxygens (including phenoxy) is 1. The lowest BCUT2D eigenvalue weighted by Crippen LogP contribution is -2.47. The zero-order chi connectivity index (χ0) is 17.9. The van der Waals surface area contributed by atoms with E-state index in [0.29, 0.717) is 13.1 Å². The van der Waals surface area contributed by atoms with Gasteiger partial charge in [-0.25, -0.2) is 8.42 Å². The largest absolute Gasteiger partial charge is 0.497 e. The van der Waals surface area contributed by atoms with Gasteiger partial charge < -0.3 is 4.74 Å². The van der Waals surface area contributed by atoms with E-state index < -0.39 is 15.3 Å². The molecule has 0 amide bonds. The summed E-state index contributed by atoms with van der Waals surface area (Å²) >= 11 is 1.80. The molecule has 0 bridgehead atoms. The van der Waals surface area contributed by atoms with Crippen LogP contribution in [-0.4, -0.2) is 74.4 Å². The summed E-state index contributed by atoms with van der Waals surface area (Å²) in [5, 5.41) is 1.07. The number of rotatable bonds is 5. The summed E-state index contributed by atoms with van der Waals surface area (Å²) in [6, 6.07) is 7.34. The fraction of sp³-hybridized carbons (Fsp3) is 0.529. The van der Waals surface area contributed by atoms with Crippen LogP contribution >= 0.6 is 11.8 Å². The van der Waals surface area contributed by atoms with Gasteiger partial charge in [-0.15, -0.1) is 0 Å². The zero-order valence-corrected chi connectivity index (χ0v) is 16.1. The number of hydrogen-bond donors (Lipinski definition) is 0. The molecule has 2 unspecified atom stereocenters. The summed E-state index contributed by atoms with van der Waals surface area (Å²) in [4.78, 5) is 5.53. The first kappa shape index (κ1) is 18.7. The van der Waals surface area contributed by atoms with Crippen molar-refractivity contribution in [1.29, 1.82) is 0 Å². The first-order valence-corrected chi connectivity index (χ1v) is 10.9. The van der Waals surface area contributed by atoms with Crippen LogP contribution in [0.5, 0.6) is 5.75 Å². The number of hydroxylamine groups is 2. The molecule has 0 N–H and O–H groups in total. The maximum absolute atomic E-state index is 13.0. The SMILES string of the molecule is COc1ccc(/C=C/C2C(S(=O)(=O)N3CCSCC3)CON2C)cc1. The average molecular weight is 385 g/mol. The van der Waals surface area contributed by atoms with E-state index in [9.17, 15) is 8.42 Å². The lowest BCUT2D eigenvalue weighted by atomic mass is 10.1. The molecule has 2 aliphatic rings. The van der Waals surface area contributed by atoms with E-state index in [0.717, 1.165) is 22.8 Å². The highest BCUT2D eigenvalue weighted by molar-refractivity contribution is 7.99. The van der Waals surface area contributed by atoms with Crippen LogP contribution < -0.4 is 4.74 Å². The van der Waals surface area contributed by atoms with Crippen molar-refractivity contribution < 1.29 is 18.0 Å². The Balaban J connectivity index is 1.76. The third-order valence-electron chi connectivity index (χ3n) is 4.56. The van der Waals surface area contributed by atoms with E-state index in [-0.39, 0.29) is 12.6 Å². The van der Waals surface area contributed by atoms with E-state index in [1.165, 1.54) is 0 Å². The standard InChI is InChI=1S/C17H24N2O4S2/c1-18-16(8-5-14-3-6-15(22-2)7-4-14)17(13-23-18)25(20,21)19-9-11-24-12-10-19/h3-8,16-17H,9-13H2,1-2H3/b8-5+. The summed E-state index contributed by atoms with van der Waals surface area (Å²) in [5.74, 6) is 2.51. The molecule has 3 rings (SSSR count). The number of benzene rings is 1. The lowest BCUT2D eigenvalue weighted by Gasteiger charge is -2.29. The zero-order valence-electron chi connectivity index (χ0n) is 14.5. The maximum atomic E-state index is 13.0. The molecule has 0 saturated carbocycles. The number of methoxy groups -OCH3 is 1. The topological polar surface area (TPSA) is 59.1 Å². The van der Waals surface area contributed by atoms with Crippen LogP contribution in [0.1, 0.15) is 5.56 Å². The fourth-order valence-electron chi connectivity index (χ4n) is 3.03. The van der Waals surface area contributed by atoms with Crippen LogP contribution in [0.25, 0.3) is 6.08 Å². The minimum absolute atomic E-state index is 0.195. The summed E-state index contributed by atoms with van der Waals surface area (Å²) in [5.41, 5.74) is 0.992. The molecule has 2 aliphatic heterocycles. The van der Waals surface area contributed by atoms with E-state index >= 15 is 0 Å². The van der Waals surface area contributed by atoms with Gasteiger partial charge in [0.15, 0.2) is 0 Å². The number of hydrogen-bond acceptors (Lipinski definition) is 6. The number of nitrogens with zero attached hydrogens (tertiary/aromatic N) is 2. The molecule has 2 heterocycles. The van der Waals surface area contributed by atoms with Crippen molar-refractivity contribution in [3.63, 3.8) is 0 Å². The third-order valence-corrected chi connectivity index (χ3v) is 7.76. The molecule has 2 fully saturated rings. The molecule has 1 aromatic rings. The highest BCUT2D eigenvalue weighted by Gasteiger charge is 2.44. The summed E-state index contributed by atoms with van der Waals surface area (Å²) in [6.45, 7) is 1.37. The van der Waals surface area contributed by atoms with E-state index in [1.54, 1.807) is 35.3 Å². The predicted molar refractivity (Wildman–Crippen MR) is 101 cm³/mol. The monoisotopic (exact) mass is 384 g/mol. The van der Waals surface area contributed by atoms with Gasteiger partial charge in [0.2, 0.25) is 10.0 Å². The van der Waals surface area contributed by atoms with Crippen molar-refractivity contribution in [2.24, 2.45) is 0 Å². The highest BCUT2D eigenvalue weighted by atomic mass is 32.2. The van der Waals surface area contributed by atoms with Gasteiger partial charge in [0.1, 0.15) is 11.0 Å². The minimum atomic E-state index is -3.38. The molecule has 0 aliphatic carbocycles. The molecule has 1 aromatic carbocycles. The number of sulfonamides is 1. The van der Waals surface area contributed by atoms with Gasteiger partial charge in [-0.05, 0) is 17.7 Å². The van der Waals surface area contributed by atoms with Crippen molar-refractivity contribution in [2.45, 2.75) is 11.3 Å². The van der Waals surface area contributed by atoms with Gasteiger partial charge in [-0.1, -0.05) is 24.3 Å². The van der Waals surface area contributed by atoms with Gasteiger partial charge >= 0.3 is 0 Å². The average Bonchev–Trinajstić information content (AvgIpc) is 3.02. The highest BCUT2D eigenvalue weighted by Crippen LogP contribution is 2.26. The Bertz CT molecular complexity index is 700. The molecule has 25 heavy (non-hydrogen) atoms. The first-order valence-electron chi connectivity index (χ1n) is 8.27. The van der Waals surface area contributed by atoms with Crippen molar-refractivity contribution >= 4 is 27.9 Å². The Labute approximate surface area is 153 Å². The molecule has 8 heteroatoms. The third kappa shape index (κ3) is 4.20. The Morgan fingerprint density at radius 3 is 2.56 bits per heavy atom. The van der Waals surface area contributed by atoms with Gasteiger partial charge in [0.25, 0.3) is 0 Å². The van der Waals surface area contributed by atoms with Gasteiger partial charge in [0.05, 0.1) is 19.8 Å². The van der Waals surface area contributed by atoms with Crippen molar-refractivity contribution in [2.75, 3.05) is 45.4 Å². The van der Waals surface area contributed by atoms with Crippen molar-refractivity contribution in [3.8, 4) is 5.75 Å². The summed E-state index contributed by atoms with van der Waals surface area (Å²) in [7, 11) is 0.0347. The number of likely N-dealkylation sites (N-methyl/N-ethyl adjacent to an activating group) is 1. The molecule has 0 spiro atoms. The Morgan fingerprint density at radius 1 is 1.24 bits per heavy atom. The second-order valence-corrected chi connectivity index (χ2v) is 9.44. The Kier molecular flexibility index (Phi) is 6.06. The molecule has 6 nitrogen and oxygen atoms in total. The second-order valence-electron chi connectivity index (χ2n) is 6.06. The number of thioether (sulfide) groups is 1. The van der Waals surface area contributed by atoms with E-state index in [2.05, 4.69) is 0 Å². The molecule has 2 atom stereocenters. The van der Waals surface area contributed by atoms with Crippen LogP contribution in [0.3, 0.4) is 0 Å². The molecule has 138 valence electrons. The Hall–Kier alpha value is -1.06. The molecule has 0 radical (unpaired) electrons. The molecular formula is C17H24N2O4S2. The van der Waals surface area contributed by atoms with Gasteiger partial charge in [-0.2, -0.15) is 21.1 Å². The van der Waals surface area contributed by atoms with Crippen LogP contribution in [-0.2, 0) is 14.9 Å². The maximum Gasteiger partial charge on any atom is 0.221 e. The molecular weight excluding hydrogens is 360 g/mol.